The van der Waals surface area contributed by atoms with Crippen LogP contribution in [-0.4, -0.2) is 101 Å². The highest BCUT2D eigenvalue weighted by Gasteiger charge is 2.54. The molecule has 3 aromatic carbocycles. The van der Waals surface area contributed by atoms with E-state index in [1.165, 1.54) is 7.05 Å². The highest BCUT2D eigenvalue weighted by molar-refractivity contribution is 6.31. The number of nitrogens with two attached hydrogens (primary N) is 1. The van der Waals surface area contributed by atoms with Crippen LogP contribution in [0.15, 0.2) is 60.7 Å². The maximum Gasteiger partial charge on any atom is 0.252 e. The van der Waals surface area contributed by atoms with Gasteiger partial charge in [0, 0.05) is 106 Å². The Morgan fingerprint density at radius 1 is 0.934 bits per heavy atom. The summed E-state index contributed by atoms with van der Waals surface area (Å²) in [5, 5.41) is 14.7. The number of nitrogens with zero attached hydrogens (tertiary/aromatic N) is 4. The number of nitrogens with one attached hydrogen (secondary N) is 2. The number of aldehydes is 1. The molecule has 0 spiro atoms. The second-order valence-corrected chi connectivity index (χ2v) is 18.1. The van der Waals surface area contributed by atoms with Crippen molar-refractivity contribution in [1.82, 2.24) is 15.5 Å². The van der Waals surface area contributed by atoms with Gasteiger partial charge in [-0.3, -0.25) is 19.3 Å². The molecule has 0 radical (unpaired) electrons. The lowest BCUT2D eigenvalue weighted by Crippen LogP contribution is -2.58. The van der Waals surface area contributed by atoms with E-state index >= 15 is 0 Å². The van der Waals surface area contributed by atoms with Crippen LogP contribution in [0.5, 0.6) is 5.75 Å². The van der Waals surface area contributed by atoms with Gasteiger partial charge < -0.3 is 40.4 Å². The van der Waals surface area contributed by atoms with E-state index in [-0.39, 0.29) is 48.2 Å². The predicted octanol–water partition coefficient (Wildman–Crippen LogP) is 6.21. The van der Waals surface area contributed by atoms with Gasteiger partial charge in [-0.25, -0.2) is 0 Å². The maximum absolute atomic E-state index is 13.3. The third kappa shape index (κ3) is 12.2. The Balaban J connectivity index is 0.000000325. The zero-order chi connectivity index (χ0) is 44.3. The molecule has 6 rings (SSSR count). The summed E-state index contributed by atoms with van der Waals surface area (Å²) >= 11 is 6.01. The van der Waals surface area contributed by atoms with Gasteiger partial charge in [0.15, 0.2) is 0 Å². The molecule has 2 saturated heterocycles. The molecular formula is C47H62ClN7O6. The number of piperazine rings is 1. The van der Waals surface area contributed by atoms with Crippen molar-refractivity contribution in [2.75, 3.05) is 69.8 Å². The lowest BCUT2D eigenvalue weighted by molar-refractivity contribution is -0.133. The van der Waals surface area contributed by atoms with Crippen LogP contribution in [0.4, 0.5) is 11.4 Å². The van der Waals surface area contributed by atoms with Crippen molar-refractivity contribution in [3.05, 3.63) is 87.9 Å². The monoisotopic (exact) mass is 855 g/mol. The van der Waals surface area contributed by atoms with Crippen molar-refractivity contribution in [3.63, 3.8) is 0 Å². The number of piperidine rings is 1. The van der Waals surface area contributed by atoms with Crippen molar-refractivity contribution >= 4 is 47.0 Å². The van der Waals surface area contributed by atoms with Gasteiger partial charge in [-0.2, -0.15) is 5.26 Å². The fourth-order valence-corrected chi connectivity index (χ4v) is 9.55. The summed E-state index contributed by atoms with van der Waals surface area (Å²) in [6.45, 7) is 15.8. The van der Waals surface area contributed by atoms with E-state index in [1.807, 2.05) is 42.5 Å². The second-order valence-electron chi connectivity index (χ2n) is 17.7. The molecule has 1 aliphatic carbocycles. The first kappa shape index (κ1) is 46.9. The molecule has 3 amide bonds. The number of anilines is 2. The first-order valence-corrected chi connectivity index (χ1v) is 21.5. The van der Waals surface area contributed by atoms with E-state index in [0.29, 0.717) is 27.6 Å². The molecule has 3 aromatic rings. The minimum atomic E-state index is -0.792. The number of ether oxygens (including phenoxy) is 2. The molecular weight excluding hydrogens is 794 g/mol. The molecule has 328 valence electrons. The average molecular weight is 857 g/mol. The van der Waals surface area contributed by atoms with Crippen LogP contribution in [0.2, 0.25) is 5.02 Å². The molecule has 61 heavy (non-hydrogen) atoms. The van der Waals surface area contributed by atoms with Crippen molar-refractivity contribution in [2.24, 2.45) is 22.5 Å². The largest absolute Gasteiger partial charge is 0.489 e. The molecule has 1 unspecified atom stereocenters. The normalized spacial score (nSPS) is 18.1. The Labute approximate surface area is 365 Å². The van der Waals surface area contributed by atoms with Gasteiger partial charge in [-0.1, -0.05) is 45.4 Å². The predicted molar refractivity (Wildman–Crippen MR) is 239 cm³/mol. The van der Waals surface area contributed by atoms with Crippen molar-refractivity contribution in [3.8, 4) is 11.8 Å². The number of halogens is 1. The number of carbonyl (C=O) groups is 4. The van der Waals surface area contributed by atoms with Crippen LogP contribution < -0.4 is 30.9 Å². The quantitative estimate of drug-likeness (QED) is 0.150. The summed E-state index contributed by atoms with van der Waals surface area (Å²) in [5.74, 6) is 0.286. The van der Waals surface area contributed by atoms with Gasteiger partial charge in [0.25, 0.3) is 5.91 Å². The number of rotatable bonds is 15. The fraction of sp³-hybridized carbons (Fsp3) is 0.511. The third-order valence-electron chi connectivity index (χ3n) is 12.1. The van der Waals surface area contributed by atoms with Gasteiger partial charge >= 0.3 is 0 Å². The minimum Gasteiger partial charge on any atom is -0.489 e. The first-order valence-electron chi connectivity index (χ1n) is 21.2. The Morgan fingerprint density at radius 2 is 1.57 bits per heavy atom. The minimum absolute atomic E-state index is 0.175. The van der Waals surface area contributed by atoms with Crippen LogP contribution in [0.25, 0.3) is 0 Å². The summed E-state index contributed by atoms with van der Waals surface area (Å²) in [6, 6.07) is 19.9. The topological polar surface area (TPSA) is 170 Å². The van der Waals surface area contributed by atoms with Crippen molar-refractivity contribution in [2.45, 2.75) is 78.6 Å². The molecule has 1 saturated carbocycles. The number of nitriles is 1. The van der Waals surface area contributed by atoms with Crippen LogP contribution >= 0.6 is 11.6 Å². The van der Waals surface area contributed by atoms with E-state index in [9.17, 15) is 19.2 Å². The fourth-order valence-electron chi connectivity index (χ4n) is 9.33. The molecule has 0 aromatic heterocycles. The van der Waals surface area contributed by atoms with Crippen LogP contribution in [0.3, 0.4) is 0 Å². The van der Waals surface area contributed by atoms with Crippen LogP contribution in [0, 0.1) is 28.1 Å². The molecule has 2 heterocycles. The molecule has 13 nitrogen and oxygen atoms in total. The Hall–Kier alpha value is -5.16. The molecule has 2 aliphatic heterocycles. The molecule has 4 N–H and O–H groups in total. The smallest absolute Gasteiger partial charge is 0.252 e. The number of hydrogen-bond donors (Lipinski definition) is 3. The maximum atomic E-state index is 13.3. The number of likely N-dealkylation sites (N-methyl/N-ethyl adjacent to an activating group) is 1. The zero-order valence-corrected chi connectivity index (χ0v) is 37.2. The molecule has 0 bridgehead atoms. The van der Waals surface area contributed by atoms with Crippen LogP contribution in [-0.2, 0) is 20.9 Å². The summed E-state index contributed by atoms with van der Waals surface area (Å²) in [4.78, 5) is 55.1. The van der Waals surface area contributed by atoms with Crippen molar-refractivity contribution < 1.29 is 28.7 Å². The van der Waals surface area contributed by atoms with Gasteiger partial charge in [0.05, 0.1) is 17.2 Å². The third-order valence-corrected chi connectivity index (χ3v) is 12.4. The number of carbonyl (C=O) groups excluding carboxylic acids is 4. The second kappa shape index (κ2) is 21.1. The summed E-state index contributed by atoms with van der Waals surface area (Å²) in [7, 11) is 3.09. The first-order chi connectivity index (χ1) is 29.1. The molecule has 14 heteroatoms. The molecule has 3 fully saturated rings. The van der Waals surface area contributed by atoms with Crippen LogP contribution in [0.1, 0.15) is 91.6 Å². The number of amides is 3. The zero-order valence-electron chi connectivity index (χ0n) is 36.5. The van der Waals surface area contributed by atoms with E-state index in [0.717, 1.165) is 94.0 Å². The number of methoxy groups -OCH3 is 1. The van der Waals surface area contributed by atoms with Crippen molar-refractivity contribution in [1.29, 1.82) is 5.26 Å². The summed E-state index contributed by atoms with van der Waals surface area (Å²) in [6.07, 6.45) is 4.74. The highest BCUT2D eigenvalue weighted by atomic mass is 35.5. The van der Waals surface area contributed by atoms with E-state index < -0.39 is 11.9 Å². The van der Waals surface area contributed by atoms with E-state index in [4.69, 9.17) is 32.1 Å². The Morgan fingerprint density at radius 3 is 2.13 bits per heavy atom. The molecule has 1 atom stereocenters. The Kier molecular flexibility index (Phi) is 16.2. The van der Waals surface area contributed by atoms with Gasteiger partial charge in [0.2, 0.25) is 11.8 Å². The standard InChI is InChI=1S/C32H44N6O5.C15H18ClNO/c1-34-32(42)29(4-3-19-39)35-31(41)28-20-27(10-7-25(28)22-43-2)38-17-15-36(16-18-38)21-23-11-13-37(14-12-23)26-8-5-24(6-9-26)30(33)40;1-14(2)9-15(3,4)13(14)18-11-6-5-10(8-17)12(16)7-11/h5-10,19-20,23,29H,3-4,11-18,21-22H2,1-2H3,(H2,33,40)(H,34,42)(H,35,41);5-7,13H,9H2,1-4H3. The molecule has 3 aliphatic rings. The van der Waals surface area contributed by atoms with Gasteiger partial charge in [-0.15, -0.1) is 0 Å². The average Bonchev–Trinajstić information content (AvgIpc) is 3.24. The lowest BCUT2D eigenvalue weighted by Gasteiger charge is -2.56. The summed E-state index contributed by atoms with van der Waals surface area (Å²) < 4.78 is 11.4. The van der Waals surface area contributed by atoms with E-state index in [2.05, 4.69) is 53.0 Å². The number of benzene rings is 3. The SMILES string of the molecule is CC1(C)CC(C)(C)C1Oc1ccc(C#N)c(Cl)c1.CNC(=O)C(CCC=O)NC(=O)c1cc(N2CCN(CC3CCN(c4ccc(C(N)=O)cc4)CC3)CC2)ccc1COC. The lowest BCUT2D eigenvalue weighted by atomic mass is 9.53. The number of hydrogen-bond acceptors (Lipinski definition) is 10. The van der Waals surface area contributed by atoms with Gasteiger partial charge in [-0.05, 0) is 85.7 Å². The Bertz CT molecular complexity index is 2020. The summed E-state index contributed by atoms with van der Waals surface area (Å²) in [5.41, 5.74) is 10.1. The highest BCUT2D eigenvalue weighted by Crippen LogP contribution is 2.55. The van der Waals surface area contributed by atoms with E-state index in [1.54, 1.807) is 31.4 Å². The van der Waals surface area contributed by atoms with Gasteiger partial charge in [0.1, 0.15) is 30.3 Å². The number of primary amides is 1.